The molecule has 1 saturated heterocycles. The highest BCUT2D eigenvalue weighted by molar-refractivity contribution is 5.71. The van der Waals surface area contributed by atoms with Crippen LogP contribution in [0.15, 0.2) is 64.3 Å². The van der Waals surface area contributed by atoms with Gasteiger partial charge in [-0.3, -0.25) is 19.2 Å². The molecule has 9 nitrogen and oxygen atoms in total. The largest absolute Gasteiger partial charge is 0.354 e. The average Bonchev–Trinajstić information content (AvgIpc) is 3.25. The van der Waals surface area contributed by atoms with Crippen molar-refractivity contribution in [2.45, 2.75) is 39.4 Å². The number of unbranched alkanes of at least 4 members (excludes halogenated alkanes) is 1. The van der Waals surface area contributed by atoms with Crippen molar-refractivity contribution < 1.29 is 0 Å². The molecule has 1 aromatic carbocycles. The van der Waals surface area contributed by atoms with Gasteiger partial charge in [0.25, 0.3) is 5.56 Å². The van der Waals surface area contributed by atoms with Gasteiger partial charge in [-0.15, -0.1) is 0 Å². The number of rotatable bonds is 8. The number of hydrogen-bond donors (Lipinski definition) is 1. The van der Waals surface area contributed by atoms with Crippen LogP contribution in [0.2, 0.25) is 0 Å². The second-order valence-electron chi connectivity index (χ2n) is 8.99. The van der Waals surface area contributed by atoms with Crippen molar-refractivity contribution in [3.05, 3.63) is 87.0 Å². The molecule has 4 heterocycles. The van der Waals surface area contributed by atoms with Crippen LogP contribution in [0.1, 0.15) is 31.2 Å². The third-order valence-electron chi connectivity index (χ3n) is 6.59. The van der Waals surface area contributed by atoms with E-state index >= 15 is 0 Å². The van der Waals surface area contributed by atoms with Crippen molar-refractivity contribution in [1.82, 2.24) is 29.0 Å². The molecule has 0 saturated carbocycles. The summed E-state index contributed by atoms with van der Waals surface area (Å²) in [5.41, 5.74) is 1.13. The molecule has 4 aromatic rings. The van der Waals surface area contributed by atoms with Gasteiger partial charge < -0.3 is 9.47 Å². The van der Waals surface area contributed by atoms with Gasteiger partial charge in [0.1, 0.15) is 11.6 Å². The topological polar surface area (TPSA) is 92.1 Å². The maximum absolute atomic E-state index is 12.9. The van der Waals surface area contributed by atoms with Crippen LogP contribution in [0.3, 0.4) is 0 Å². The molecule has 0 atom stereocenters. The van der Waals surface area contributed by atoms with Crippen LogP contribution in [0.5, 0.6) is 0 Å². The molecule has 1 aliphatic heterocycles. The van der Waals surface area contributed by atoms with Crippen LogP contribution < -0.4 is 16.1 Å². The number of aromatic nitrogens is 5. The summed E-state index contributed by atoms with van der Waals surface area (Å²) >= 11 is 0. The highest BCUT2D eigenvalue weighted by atomic mass is 16.2. The maximum Gasteiger partial charge on any atom is 0.330 e. The molecule has 9 heteroatoms. The van der Waals surface area contributed by atoms with Crippen molar-refractivity contribution in [3.63, 3.8) is 0 Å². The van der Waals surface area contributed by atoms with Crippen LogP contribution in [-0.2, 0) is 19.6 Å². The van der Waals surface area contributed by atoms with E-state index in [9.17, 15) is 9.59 Å². The van der Waals surface area contributed by atoms with Gasteiger partial charge >= 0.3 is 5.69 Å². The number of hydrogen-bond acceptors (Lipinski definition) is 6. The summed E-state index contributed by atoms with van der Waals surface area (Å²) in [4.78, 5) is 42.3. The summed E-state index contributed by atoms with van der Waals surface area (Å²) in [5.74, 6) is 1.83. The molecule has 3 aromatic heterocycles. The molecule has 0 aliphatic carbocycles. The number of nitrogens with zero attached hydrogens (tertiary/aromatic N) is 6. The standard InChI is InChI=1S/C26H31N7O2/c1-2-3-13-32-22(19-30-14-16-31(17-15-30)21-11-7-8-12-27-21)28-24-23(32)25(34)29-26(35)33(24)18-20-9-5-4-6-10-20/h4-12H,2-3,13-19H2,1H3,(H,29,34,35). The molecule has 1 fully saturated rings. The molecule has 35 heavy (non-hydrogen) atoms. The van der Waals surface area contributed by atoms with Gasteiger partial charge in [-0.2, -0.15) is 0 Å². The number of fused-ring (bicyclic) bond motifs is 1. The molecule has 0 bridgehead atoms. The summed E-state index contributed by atoms with van der Waals surface area (Å²) in [7, 11) is 0. The van der Waals surface area contributed by atoms with Crippen molar-refractivity contribution >= 4 is 17.0 Å². The average molecular weight is 474 g/mol. The summed E-state index contributed by atoms with van der Waals surface area (Å²) in [6.07, 6.45) is 3.76. The highest BCUT2D eigenvalue weighted by Crippen LogP contribution is 2.18. The number of aromatic amines is 1. The van der Waals surface area contributed by atoms with E-state index in [0.29, 0.717) is 30.8 Å². The van der Waals surface area contributed by atoms with Gasteiger partial charge in [0.2, 0.25) is 0 Å². The number of piperazine rings is 1. The zero-order chi connectivity index (χ0) is 24.2. The van der Waals surface area contributed by atoms with Crippen LogP contribution in [0.4, 0.5) is 5.82 Å². The number of aryl methyl sites for hydroxylation is 1. The van der Waals surface area contributed by atoms with E-state index < -0.39 is 5.69 Å². The Kier molecular flexibility index (Phi) is 6.76. The SMILES string of the molecule is CCCCn1c(CN2CCN(c3ccccn3)CC2)nc2c1c(=O)[nH]c(=O)n2Cc1ccccc1. The van der Waals surface area contributed by atoms with E-state index in [2.05, 4.69) is 26.7 Å². The van der Waals surface area contributed by atoms with Gasteiger partial charge in [-0.1, -0.05) is 49.7 Å². The first-order valence-electron chi connectivity index (χ1n) is 12.3. The quantitative estimate of drug-likeness (QED) is 0.423. The van der Waals surface area contributed by atoms with Crippen LogP contribution in [-0.4, -0.2) is 55.2 Å². The Morgan fingerprint density at radius 1 is 0.914 bits per heavy atom. The second kappa shape index (κ2) is 10.3. The lowest BCUT2D eigenvalue weighted by Crippen LogP contribution is -2.46. The number of nitrogens with one attached hydrogen (secondary N) is 1. The van der Waals surface area contributed by atoms with Gasteiger partial charge in [0, 0.05) is 38.9 Å². The fraction of sp³-hybridized carbons (Fsp3) is 0.385. The predicted octanol–water partition coefficient (Wildman–Crippen LogP) is 2.45. The van der Waals surface area contributed by atoms with E-state index in [1.165, 1.54) is 0 Å². The number of imidazole rings is 1. The lowest BCUT2D eigenvalue weighted by Gasteiger charge is -2.35. The van der Waals surface area contributed by atoms with Crippen molar-refractivity contribution in [2.75, 3.05) is 31.1 Å². The Labute approximate surface area is 203 Å². The van der Waals surface area contributed by atoms with Crippen LogP contribution >= 0.6 is 0 Å². The molecule has 1 N–H and O–H groups in total. The van der Waals surface area contributed by atoms with Crippen molar-refractivity contribution in [3.8, 4) is 0 Å². The zero-order valence-electron chi connectivity index (χ0n) is 20.1. The van der Waals surface area contributed by atoms with Crippen molar-refractivity contribution in [2.24, 2.45) is 0 Å². The smallest absolute Gasteiger partial charge is 0.330 e. The molecular formula is C26H31N7O2. The third kappa shape index (κ3) is 4.90. The van der Waals surface area contributed by atoms with Gasteiger partial charge in [0.05, 0.1) is 13.1 Å². The molecular weight excluding hydrogens is 442 g/mol. The fourth-order valence-electron chi connectivity index (χ4n) is 4.68. The van der Waals surface area contributed by atoms with E-state index in [4.69, 9.17) is 4.98 Å². The minimum atomic E-state index is -0.429. The Bertz CT molecular complexity index is 1380. The Morgan fingerprint density at radius 2 is 1.69 bits per heavy atom. The van der Waals surface area contributed by atoms with Gasteiger partial charge in [-0.05, 0) is 24.1 Å². The Morgan fingerprint density at radius 3 is 2.40 bits per heavy atom. The summed E-state index contributed by atoms with van der Waals surface area (Å²) < 4.78 is 3.60. The first-order chi connectivity index (χ1) is 17.1. The number of benzene rings is 1. The maximum atomic E-state index is 12.9. The minimum absolute atomic E-state index is 0.361. The Balaban J connectivity index is 1.45. The van der Waals surface area contributed by atoms with E-state index in [0.717, 1.165) is 56.2 Å². The normalized spacial score (nSPS) is 14.6. The van der Waals surface area contributed by atoms with Crippen LogP contribution in [0.25, 0.3) is 11.2 Å². The third-order valence-corrected chi connectivity index (χ3v) is 6.59. The number of anilines is 1. The summed E-state index contributed by atoms with van der Waals surface area (Å²) in [6, 6.07) is 15.8. The summed E-state index contributed by atoms with van der Waals surface area (Å²) in [5, 5.41) is 0. The van der Waals surface area contributed by atoms with E-state index in [1.54, 1.807) is 4.57 Å². The molecule has 0 spiro atoms. The number of pyridine rings is 1. The van der Waals surface area contributed by atoms with E-state index in [-0.39, 0.29) is 5.56 Å². The molecule has 0 amide bonds. The highest BCUT2D eigenvalue weighted by Gasteiger charge is 2.23. The lowest BCUT2D eigenvalue weighted by molar-refractivity contribution is 0.240. The first kappa shape index (κ1) is 23.0. The second-order valence-corrected chi connectivity index (χ2v) is 8.99. The number of H-pyrrole nitrogens is 1. The lowest BCUT2D eigenvalue weighted by atomic mass is 10.2. The minimum Gasteiger partial charge on any atom is -0.354 e. The van der Waals surface area contributed by atoms with E-state index in [1.807, 2.05) is 59.3 Å². The molecule has 0 unspecified atom stereocenters. The zero-order valence-corrected chi connectivity index (χ0v) is 20.1. The molecule has 182 valence electrons. The van der Waals surface area contributed by atoms with Crippen molar-refractivity contribution in [1.29, 1.82) is 0 Å². The fourth-order valence-corrected chi connectivity index (χ4v) is 4.68. The monoisotopic (exact) mass is 473 g/mol. The van der Waals surface area contributed by atoms with Gasteiger partial charge in [0.15, 0.2) is 11.2 Å². The molecule has 0 radical (unpaired) electrons. The van der Waals surface area contributed by atoms with Crippen LogP contribution in [0, 0.1) is 0 Å². The van der Waals surface area contributed by atoms with Gasteiger partial charge in [-0.25, -0.2) is 14.8 Å². The Hall–Kier alpha value is -3.72. The first-order valence-corrected chi connectivity index (χ1v) is 12.3. The summed E-state index contributed by atoms with van der Waals surface area (Å²) in [6.45, 7) is 7.33. The predicted molar refractivity (Wildman–Crippen MR) is 137 cm³/mol. The molecule has 1 aliphatic rings. The molecule has 5 rings (SSSR count).